The fourth-order valence-electron chi connectivity index (χ4n) is 4.80. The zero-order valence-electron chi connectivity index (χ0n) is 18.0. The third kappa shape index (κ3) is 4.45. The first-order chi connectivity index (χ1) is 14.1. The number of anilines is 1. The van der Waals surface area contributed by atoms with Gasteiger partial charge in [-0.3, -0.25) is 14.9 Å². The molecule has 0 unspecified atom stereocenters. The molecule has 0 radical (unpaired) electrons. The molecule has 0 aromatic heterocycles. The van der Waals surface area contributed by atoms with E-state index in [1.165, 1.54) is 11.1 Å². The van der Waals surface area contributed by atoms with E-state index in [1.54, 1.807) is 0 Å². The van der Waals surface area contributed by atoms with E-state index >= 15 is 0 Å². The Hall–Kier alpha value is -2.57. The lowest BCUT2D eigenvalue weighted by atomic mass is 9.76. The largest absolute Gasteiger partial charge is 0.444 e. The van der Waals surface area contributed by atoms with Crippen LogP contribution in [0.15, 0.2) is 18.2 Å². The molecule has 7 nitrogen and oxygen atoms in total. The van der Waals surface area contributed by atoms with Crippen molar-refractivity contribution in [2.45, 2.75) is 70.9 Å². The second kappa shape index (κ2) is 7.60. The van der Waals surface area contributed by atoms with Crippen LogP contribution in [-0.4, -0.2) is 47.5 Å². The number of hydrogen-bond donors (Lipinski definition) is 2. The molecule has 1 atom stereocenters. The maximum absolute atomic E-state index is 12.4. The molecule has 1 aromatic carbocycles. The van der Waals surface area contributed by atoms with Gasteiger partial charge in [-0.05, 0) is 81.5 Å². The Morgan fingerprint density at radius 3 is 2.53 bits per heavy atom. The first kappa shape index (κ1) is 20.7. The Morgan fingerprint density at radius 1 is 1.17 bits per heavy atom. The number of carbonyl (C=O) groups excluding carboxylic acids is 3. The van der Waals surface area contributed by atoms with Crippen LogP contribution in [0.4, 0.5) is 10.5 Å². The van der Waals surface area contributed by atoms with Gasteiger partial charge in [0, 0.05) is 25.2 Å². The summed E-state index contributed by atoms with van der Waals surface area (Å²) in [5, 5.41) is 5.68. The summed E-state index contributed by atoms with van der Waals surface area (Å²) in [5.74, 6) is -0.454. The number of rotatable bonds is 2. The van der Waals surface area contributed by atoms with Crippen LogP contribution in [0, 0.1) is 5.41 Å². The van der Waals surface area contributed by atoms with Crippen LogP contribution in [0.25, 0.3) is 0 Å². The van der Waals surface area contributed by atoms with Gasteiger partial charge in [-0.1, -0.05) is 6.07 Å². The number of imide groups is 1. The topological polar surface area (TPSA) is 87.7 Å². The number of amides is 3. The summed E-state index contributed by atoms with van der Waals surface area (Å²) in [4.78, 5) is 37.5. The predicted molar refractivity (Wildman–Crippen MR) is 113 cm³/mol. The van der Waals surface area contributed by atoms with Crippen molar-refractivity contribution in [3.8, 4) is 0 Å². The van der Waals surface area contributed by atoms with Crippen LogP contribution in [0.3, 0.4) is 0 Å². The first-order valence-electron chi connectivity index (χ1n) is 10.8. The summed E-state index contributed by atoms with van der Waals surface area (Å²) in [7, 11) is 0. The molecule has 2 heterocycles. The summed E-state index contributed by atoms with van der Waals surface area (Å²) < 4.78 is 5.52. The molecule has 162 valence electrons. The highest BCUT2D eigenvalue weighted by Gasteiger charge is 2.41. The quantitative estimate of drug-likeness (QED) is 0.728. The molecule has 1 aromatic rings. The van der Waals surface area contributed by atoms with Crippen LogP contribution in [0.1, 0.15) is 57.6 Å². The number of nitrogens with zero attached hydrogens (tertiary/aromatic N) is 1. The SMILES string of the molecule is CC(C)(C)OC(=O)N1CCC2(CC1)Cc1ccc(N[C@@H]3CCC(=O)NC3=O)cc1C2. The molecule has 2 saturated heterocycles. The molecule has 2 aliphatic heterocycles. The van der Waals surface area contributed by atoms with E-state index in [4.69, 9.17) is 4.74 Å². The van der Waals surface area contributed by atoms with Gasteiger partial charge in [0.2, 0.25) is 11.8 Å². The monoisotopic (exact) mass is 413 g/mol. The van der Waals surface area contributed by atoms with Gasteiger partial charge < -0.3 is 15.0 Å². The predicted octanol–water partition coefficient (Wildman–Crippen LogP) is 3.02. The van der Waals surface area contributed by atoms with E-state index in [0.717, 1.165) is 44.5 Å². The molecule has 0 saturated carbocycles. The van der Waals surface area contributed by atoms with E-state index in [2.05, 4.69) is 22.8 Å². The summed E-state index contributed by atoms with van der Waals surface area (Å²) in [6, 6.07) is 5.96. The molecule has 1 spiro atoms. The molecular formula is C23H31N3O4. The van der Waals surface area contributed by atoms with E-state index < -0.39 is 5.60 Å². The molecule has 0 bridgehead atoms. The number of fused-ring (bicyclic) bond motifs is 1. The van der Waals surface area contributed by atoms with Gasteiger partial charge in [0.05, 0.1) is 0 Å². The van der Waals surface area contributed by atoms with Crippen molar-refractivity contribution in [3.63, 3.8) is 0 Å². The molecule has 3 amide bonds. The minimum Gasteiger partial charge on any atom is -0.444 e. The summed E-state index contributed by atoms with van der Waals surface area (Å²) in [6.45, 7) is 7.13. The highest BCUT2D eigenvalue weighted by Crippen LogP contribution is 2.45. The van der Waals surface area contributed by atoms with Gasteiger partial charge in [-0.25, -0.2) is 4.79 Å². The van der Waals surface area contributed by atoms with Crippen LogP contribution < -0.4 is 10.6 Å². The zero-order chi connectivity index (χ0) is 21.5. The average Bonchev–Trinajstić information content (AvgIpc) is 3.00. The average molecular weight is 414 g/mol. The summed E-state index contributed by atoms with van der Waals surface area (Å²) in [5.41, 5.74) is 3.33. The van der Waals surface area contributed by atoms with Crippen molar-refractivity contribution in [1.82, 2.24) is 10.2 Å². The lowest BCUT2D eigenvalue weighted by molar-refractivity contribution is -0.133. The van der Waals surface area contributed by atoms with Crippen LogP contribution >= 0.6 is 0 Å². The smallest absolute Gasteiger partial charge is 0.410 e. The number of hydrogen-bond acceptors (Lipinski definition) is 5. The fourth-order valence-corrected chi connectivity index (χ4v) is 4.80. The molecule has 3 aliphatic rings. The van der Waals surface area contributed by atoms with Gasteiger partial charge >= 0.3 is 6.09 Å². The number of piperidine rings is 2. The Balaban J connectivity index is 1.37. The van der Waals surface area contributed by atoms with Gasteiger partial charge in [-0.15, -0.1) is 0 Å². The molecule has 4 rings (SSSR count). The van der Waals surface area contributed by atoms with Crippen molar-refractivity contribution in [1.29, 1.82) is 0 Å². The van der Waals surface area contributed by atoms with Crippen molar-refractivity contribution < 1.29 is 19.1 Å². The number of nitrogens with one attached hydrogen (secondary N) is 2. The molecule has 7 heteroatoms. The van der Waals surface area contributed by atoms with Crippen LogP contribution in [-0.2, 0) is 27.2 Å². The fraction of sp³-hybridized carbons (Fsp3) is 0.609. The maximum Gasteiger partial charge on any atom is 0.410 e. The second-order valence-corrected chi connectivity index (χ2v) is 9.95. The second-order valence-electron chi connectivity index (χ2n) is 9.95. The Bertz CT molecular complexity index is 866. The van der Waals surface area contributed by atoms with E-state index in [9.17, 15) is 14.4 Å². The molecule has 2 N–H and O–H groups in total. The molecular weight excluding hydrogens is 382 g/mol. The number of benzene rings is 1. The molecule has 2 fully saturated rings. The van der Waals surface area contributed by atoms with Crippen LogP contribution in [0.2, 0.25) is 0 Å². The van der Waals surface area contributed by atoms with Gasteiger partial charge in [0.25, 0.3) is 0 Å². The van der Waals surface area contributed by atoms with Crippen LogP contribution in [0.5, 0.6) is 0 Å². The minimum atomic E-state index is -0.470. The molecule has 1 aliphatic carbocycles. The minimum absolute atomic E-state index is 0.202. The third-order valence-electron chi connectivity index (χ3n) is 6.39. The number of likely N-dealkylation sites (tertiary alicyclic amines) is 1. The zero-order valence-corrected chi connectivity index (χ0v) is 18.0. The van der Waals surface area contributed by atoms with Gasteiger partial charge in [-0.2, -0.15) is 0 Å². The Morgan fingerprint density at radius 2 is 1.87 bits per heavy atom. The lowest BCUT2D eigenvalue weighted by Crippen LogP contribution is -2.47. The van der Waals surface area contributed by atoms with Gasteiger partial charge in [0.1, 0.15) is 11.6 Å². The summed E-state index contributed by atoms with van der Waals surface area (Å²) in [6.07, 6.45) is 4.63. The lowest BCUT2D eigenvalue weighted by Gasteiger charge is -2.39. The van der Waals surface area contributed by atoms with Crippen molar-refractivity contribution in [2.75, 3.05) is 18.4 Å². The first-order valence-corrected chi connectivity index (χ1v) is 10.8. The Kier molecular flexibility index (Phi) is 5.24. The Labute approximate surface area is 177 Å². The number of ether oxygens (including phenoxy) is 1. The van der Waals surface area contributed by atoms with Crippen molar-refractivity contribution >= 4 is 23.6 Å². The standard InChI is InChI=1S/C23H31N3O4/c1-22(2,3)30-21(29)26-10-8-23(9-11-26)13-15-4-5-17(12-16(15)14-23)24-18-6-7-19(27)25-20(18)28/h4-5,12,18,24H,6-11,13-14H2,1-3H3,(H,25,27,28)/t18-/m1/s1. The maximum atomic E-state index is 12.4. The molecule has 30 heavy (non-hydrogen) atoms. The van der Waals surface area contributed by atoms with E-state index in [0.29, 0.717) is 12.8 Å². The van der Waals surface area contributed by atoms with E-state index in [-0.39, 0.29) is 29.4 Å². The highest BCUT2D eigenvalue weighted by molar-refractivity contribution is 6.01. The van der Waals surface area contributed by atoms with Crippen molar-refractivity contribution in [3.05, 3.63) is 29.3 Å². The third-order valence-corrected chi connectivity index (χ3v) is 6.39. The summed E-state index contributed by atoms with van der Waals surface area (Å²) >= 11 is 0. The normalized spacial score (nSPS) is 23.2. The van der Waals surface area contributed by atoms with Gasteiger partial charge in [0.15, 0.2) is 0 Å². The van der Waals surface area contributed by atoms with Crippen molar-refractivity contribution in [2.24, 2.45) is 5.41 Å². The number of carbonyl (C=O) groups is 3. The van der Waals surface area contributed by atoms with E-state index in [1.807, 2.05) is 31.7 Å². The highest BCUT2D eigenvalue weighted by atomic mass is 16.6.